The fourth-order valence-electron chi connectivity index (χ4n) is 6.78. The van der Waals surface area contributed by atoms with Crippen molar-refractivity contribution in [1.82, 2.24) is 9.55 Å². The average Bonchev–Trinajstić information content (AvgIpc) is 3.58. The molecule has 3 unspecified atom stereocenters. The fourth-order valence-corrected chi connectivity index (χ4v) is 8.89. The summed E-state index contributed by atoms with van der Waals surface area (Å²) in [5, 5.41) is 30.9. The molecule has 2 rings (SSSR count). The molecule has 70 heavy (non-hydrogen) atoms. The van der Waals surface area contributed by atoms with Gasteiger partial charge >= 0.3 is 33.3 Å². The number of nitrogens with zero attached hydrogens (tertiary/aromatic N) is 2. The van der Waals surface area contributed by atoms with E-state index in [1.807, 2.05) is 48.6 Å². The van der Waals surface area contributed by atoms with Crippen LogP contribution in [0, 0.1) is 5.92 Å². The van der Waals surface area contributed by atoms with Crippen LogP contribution in [0.25, 0.3) is 0 Å². The predicted octanol–water partition coefficient (Wildman–Crippen LogP) is 8.55. The van der Waals surface area contributed by atoms with Crippen LogP contribution in [-0.4, -0.2) is 96.9 Å². The molecule has 1 aromatic rings. The van der Waals surface area contributed by atoms with Gasteiger partial charge in [0, 0.05) is 19.0 Å². The number of nitrogen functional groups attached to an aromatic ring is 1. The van der Waals surface area contributed by atoms with Gasteiger partial charge in [0.05, 0.1) is 19.3 Å². The first-order chi connectivity index (χ1) is 33.4. The lowest BCUT2D eigenvalue weighted by atomic mass is 10.0. The molecule has 396 valence electrons. The van der Waals surface area contributed by atoms with Crippen LogP contribution in [0.4, 0.5) is 5.82 Å². The number of aliphatic hydroxyl groups is 3. The molecule has 19 nitrogen and oxygen atoms in total. The molecule has 0 aliphatic carbocycles. The number of carbonyl (C=O) groups excluding carboxylic acids is 2. The van der Waals surface area contributed by atoms with Gasteiger partial charge in [0.15, 0.2) is 12.3 Å². The zero-order valence-electron chi connectivity index (χ0n) is 41.1. The molecule has 0 spiro atoms. The van der Waals surface area contributed by atoms with E-state index in [1.165, 1.54) is 38.2 Å². The Bertz CT molecular complexity index is 1990. The summed E-state index contributed by atoms with van der Waals surface area (Å²) < 4.78 is 56.6. The number of ether oxygens (including phenoxy) is 3. The Labute approximate surface area is 413 Å². The third-order valence-electron chi connectivity index (χ3n) is 10.6. The van der Waals surface area contributed by atoms with Gasteiger partial charge in [-0.2, -0.15) is 9.29 Å². The summed E-state index contributed by atoms with van der Waals surface area (Å²) in [5.41, 5.74) is 4.57. The second-order valence-electron chi connectivity index (χ2n) is 17.3. The van der Waals surface area contributed by atoms with Crippen molar-refractivity contribution in [2.24, 2.45) is 5.92 Å². The van der Waals surface area contributed by atoms with Crippen LogP contribution in [0.3, 0.4) is 0 Å². The molecule has 0 amide bonds. The topological polar surface area (TPSA) is 286 Å². The van der Waals surface area contributed by atoms with Gasteiger partial charge in [-0.3, -0.25) is 23.2 Å². The van der Waals surface area contributed by atoms with Gasteiger partial charge in [-0.15, -0.1) is 0 Å². The summed E-state index contributed by atoms with van der Waals surface area (Å²) in [6, 6.07) is 1.24. The highest BCUT2D eigenvalue weighted by atomic mass is 31.3. The fraction of sp³-hybridized carbons (Fsp3) is 0.633. The molecule has 0 bridgehead atoms. The van der Waals surface area contributed by atoms with E-state index in [2.05, 4.69) is 42.2 Å². The first kappa shape index (κ1) is 62.3. The minimum Gasteiger partial charge on any atom is -0.462 e. The van der Waals surface area contributed by atoms with E-state index >= 15 is 0 Å². The van der Waals surface area contributed by atoms with Crippen molar-refractivity contribution in [2.45, 2.75) is 173 Å². The molecule has 1 aliphatic heterocycles. The van der Waals surface area contributed by atoms with E-state index in [4.69, 9.17) is 29.0 Å². The molecule has 0 aromatic carbocycles. The zero-order chi connectivity index (χ0) is 51.6. The van der Waals surface area contributed by atoms with E-state index in [0.717, 1.165) is 55.2 Å². The number of hydrogen-bond donors (Lipinski definition) is 6. The first-order valence-corrected chi connectivity index (χ1v) is 27.4. The molecular formula is C49H79N3O16P2. The van der Waals surface area contributed by atoms with Gasteiger partial charge in [0.2, 0.25) is 0 Å². The summed E-state index contributed by atoms with van der Waals surface area (Å²) in [7, 11) is -10.9. The van der Waals surface area contributed by atoms with Crippen LogP contribution >= 0.6 is 15.6 Å². The Morgan fingerprint density at radius 2 is 1.41 bits per heavy atom. The molecular weight excluding hydrogens is 948 g/mol. The number of carbonyl (C=O) groups is 2. The Morgan fingerprint density at radius 1 is 0.800 bits per heavy atom. The number of hydrogen-bond acceptors (Lipinski definition) is 16. The minimum absolute atomic E-state index is 0.0979. The van der Waals surface area contributed by atoms with E-state index in [-0.39, 0.29) is 25.1 Å². The van der Waals surface area contributed by atoms with E-state index in [1.54, 1.807) is 12.2 Å². The molecule has 2 heterocycles. The van der Waals surface area contributed by atoms with E-state index in [0.29, 0.717) is 25.7 Å². The maximum atomic E-state index is 12.8. The van der Waals surface area contributed by atoms with Gasteiger partial charge in [0.1, 0.15) is 30.7 Å². The predicted molar refractivity (Wildman–Crippen MR) is 267 cm³/mol. The van der Waals surface area contributed by atoms with Gasteiger partial charge in [-0.1, -0.05) is 151 Å². The van der Waals surface area contributed by atoms with Crippen molar-refractivity contribution in [3.8, 4) is 0 Å². The lowest BCUT2D eigenvalue weighted by Crippen LogP contribution is -2.36. The van der Waals surface area contributed by atoms with E-state index < -0.39 is 89.8 Å². The molecule has 1 aromatic heterocycles. The maximum Gasteiger partial charge on any atom is 0.481 e. The largest absolute Gasteiger partial charge is 0.481 e. The van der Waals surface area contributed by atoms with Crippen LogP contribution < -0.4 is 11.4 Å². The molecule has 8 atom stereocenters. The lowest BCUT2D eigenvalue weighted by molar-refractivity contribution is -0.161. The number of aliphatic hydroxyl groups excluding tert-OH is 3. The van der Waals surface area contributed by atoms with Crippen LogP contribution in [0.2, 0.25) is 0 Å². The summed E-state index contributed by atoms with van der Waals surface area (Å²) in [4.78, 5) is 61.8. The zero-order valence-corrected chi connectivity index (χ0v) is 42.9. The molecule has 1 aliphatic rings. The van der Waals surface area contributed by atoms with Gasteiger partial charge in [-0.05, 0) is 56.9 Å². The van der Waals surface area contributed by atoms with E-state index in [9.17, 15) is 48.6 Å². The minimum atomic E-state index is -5.45. The molecule has 0 radical (unpaired) electrons. The number of esters is 2. The summed E-state index contributed by atoms with van der Waals surface area (Å²) in [5.74, 6) is -0.710. The lowest BCUT2D eigenvalue weighted by Gasteiger charge is -2.21. The van der Waals surface area contributed by atoms with Crippen molar-refractivity contribution < 1.29 is 71.4 Å². The summed E-state index contributed by atoms with van der Waals surface area (Å²) in [6.07, 6.45) is 30.5. The third-order valence-corrected chi connectivity index (χ3v) is 13.2. The van der Waals surface area contributed by atoms with Crippen molar-refractivity contribution in [3.05, 3.63) is 95.7 Å². The van der Waals surface area contributed by atoms with Crippen LogP contribution in [-0.2, 0) is 46.3 Å². The number of unbranched alkanes of at least 4 members (excludes halogenated alkanes) is 8. The average molecular weight is 1030 g/mol. The van der Waals surface area contributed by atoms with Crippen LogP contribution in [0.15, 0.2) is 90.0 Å². The Kier molecular flexibility index (Phi) is 32.1. The van der Waals surface area contributed by atoms with Crippen molar-refractivity contribution in [1.29, 1.82) is 0 Å². The second-order valence-corrected chi connectivity index (χ2v) is 20.3. The number of anilines is 1. The van der Waals surface area contributed by atoms with Crippen molar-refractivity contribution >= 4 is 33.4 Å². The molecule has 1 saturated heterocycles. The number of nitrogens with two attached hydrogens (primary N) is 1. The van der Waals surface area contributed by atoms with Gasteiger partial charge in [-0.25, -0.2) is 13.9 Å². The molecule has 7 N–H and O–H groups in total. The van der Waals surface area contributed by atoms with Crippen molar-refractivity contribution in [3.63, 3.8) is 0 Å². The SMILES string of the molecule is CC/C=C\C/C=C\CC(O)/C=C/C=C\C/C=C\C/C=C\CCC(=O)O[C@H](COC(=O)CCCCCCCCCCCC(C)C)COP(=O)(O)OP(=O)(O)OC[C@H]1O[C@@H](n2ccc(N)nc2=O)[C@H](O)[C@@H]1O. The van der Waals surface area contributed by atoms with Crippen LogP contribution in [0.1, 0.15) is 143 Å². The van der Waals surface area contributed by atoms with Gasteiger partial charge < -0.3 is 45.1 Å². The standard InChI is InChI=1S/C49H79N3O16P2/c1-4-5-6-7-20-25-30-40(53)31-26-21-16-12-8-9-13-18-23-28-33-45(55)66-41(36-63-44(54)32-27-22-17-14-10-11-15-19-24-29-39(2)3)37-64-69(59,60)68-70(61,62)65-38-42-46(56)47(57)48(67-42)52-35-34-43(50)51-49(52)58/h5-6,8-9,16,18,20-21,23,25-26,31,34-35,39-42,46-48,53,56-57H,4,7,10-15,17,19,22,24,27-30,32-33,36-38H2,1-3H3,(H,59,60)(H,61,62)(H2,50,51,58)/b6-5-,9-8-,21-16-,23-18-,25-20-,31-26+/t40?,41-,42-,46-,47-,48-/m1/s1. The first-order valence-electron chi connectivity index (χ1n) is 24.4. The number of phosphoric ester groups is 2. The Hall–Kier alpha value is -3.84. The Balaban J connectivity index is 1.86. The number of rotatable bonds is 38. The smallest absolute Gasteiger partial charge is 0.462 e. The van der Waals surface area contributed by atoms with Crippen LogP contribution in [0.5, 0.6) is 0 Å². The quantitative estimate of drug-likeness (QED) is 0.0119. The van der Waals surface area contributed by atoms with Crippen molar-refractivity contribution in [2.75, 3.05) is 25.6 Å². The second kappa shape index (κ2) is 36.1. The molecule has 0 saturated carbocycles. The normalized spacial score (nSPS) is 20.4. The highest BCUT2D eigenvalue weighted by Crippen LogP contribution is 2.60. The Morgan fingerprint density at radius 3 is 2.09 bits per heavy atom. The number of allylic oxidation sites excluding steroid dienone is 10. The highest BCUT2D eigenvalue weighted by molar-refractivity contribution is 7.61. The molecule has 21 heteroatoms. The maximum absolute atomic E-state index is 12.8. The summed E-state index contributed by atoms with van der Waals surface area (Å²) >= 11 is 0. The highest BCUT2D eigenvalue weighted by Gasteiger charge is 2.46. The van der Waals surface area contributed by atoms with Gasteiger partial charge in [0.25, 0.3) is 0 Å². The summed E-state index contributed by atoms with van der Waals surface area (Å²) in [6.45, 7) is 4.14. The molecule has 1 fully saturated rings. The third kappa shape index (κ3) is 29.5. The number of aromatic nitrogens is 2. The monoisotopic (exact) mass is 1030 g/mol. The number of phosphoric acid groups is 2.